The molecule has 0 amide bonds. The van der Waals surface area contributed by atoms with Crippen LogP contribution in [0.1, 0.15) is 21.5 Å². The van der Waals surface area contributed by atoms with Gasteiger partial charge in [-0.05, 0) is 47.6 Å². The van der Waals surface area contributed by atoms with Gasteiger partial charge in [0, 0.05) is 9.85 Å². The van der Waals surface area contributed by atoms with Crippen molar-refractivity contribution in [3.63, 3.8) is 0 Å². The van der Waals surface area contributed by atoms with Crippen molar-refractivity contribution in [2.24, 2.45) is 5.92 Å². The van der Waals surface area contributed by atoms with Crippen molar-refractivity contribution in [1.82, 2.24) is 0 Å². The molecule has 0 nitrogen and oxygen atoms in total. The zero-order valence-electron chi connectivity index (χ0n) is 10.2. The molecule has 0 radical (unpaired) electrons. The Morgan fingerprint density at radius 1 is 1.21 bits per heavy atom. The van der Waals surface area contributed by atoms with Crippen molar-refractivity contribution < 1.29 is 4.39 Å². The van der Waals surface area contributed by atoms with Gasteiger partial charge in [0.15, 0.2) is 0 Å². The van der Waals surface area contributed by atoms with Crippen LogP contribution in [0.5, 0.6) is 0 Å². The SMILES string of the molecule is Fc1cc(Cl)ccc1CC1Cc2ccccc2C1Br. The molecule has 0 aromatic heterocycles. The third-order valence-corrected chi connectivity index (χ3v) is 5.22. The third kappa shape index (κ3) is 2.56. The molecule has 1 aliphatic carbocycles. The van der Waals surface area contributed by atoms with E-state index in [2.05, 4.69) is 40.2 Å². The Morgan fingerprint density at radius 3 is 2.74 bits per heavy atom. The van der Waals surface area contributed by atoms with Crippen LogP contribution in [0, 0.1) is 11.7 Å². The Labute approximate surface area is 125 Å². The summed E-state index contributed by atoms with van der Waals surface area (Å²) in [5.41, 5.74) is 3.44. The van der Waals surface area contributed by atoms with Crippen LogP contribution in [0.3, 0.4) is 0 Å². The molecule has 0 fully saturated rings. The summed E-state index contributed by atoms with van der Waals surface area (Å²) >= 11 is 9.54. The highest BCUT2D eigenvalue weighted by Crippen LogP contribution is 2.43. The molecule has 2 aromatic rings. The average Bonchev–Trinajstić information content (AvgIpc) is 2.70. The molecule has 2 unspecified atom stereocenters. The number of alkyl halides is 1. The predicted molar refractivity (Wildman–Crippen MR) is 80.4 cm³/mol. The van der Waals surface area contributed by atoms with Crippen LogP contribution >= 0.6 is 27.5 Å². The van der Waals surface area contributed by atoms with E-state index in [0.717, 1.165) is 18.4 Å². The summed E-state index contributed by atoms with van der Waals surface area (Å²) in [6, 6.07) is 13.4. The van der Waals surface area contributed by atoms with Crippen LogP contribution in [0.4, 0.5) is 4.39 Å². The van der Waals surface area contributed by atoms with Crippen molar-refractivity contribution in [2.45, 2.75) is 17.7 Å². The third-order valence-electron chi connectivity index (χ3n) is 3.75. The molecule has 19 heavy (non-hydrogen) atoms. The minimum atomic E-state index is -0.205. The van der Waals surface area contributed by atoms with Gasteiger partial charge in [-0.25, -0.2) is 4.39 Å². The van der Waals surface area contributed by atoms with Gasteiger partial charge >= 0.3 is 0 Å². The molecular formula is C16H13BrClF. The quantitative estimate of drug-likeness (QED) is 0.649. The molecule has 0 spiro atoms. The number of rotatable bonds is 2. The first kappa shape index (κ1) is 13.1. The maximum absolute atomic E-state index is 13.9. The lowest BCUT2D eigenvalue weighted by Gasteiger charge is -2.15. The number of hydrogen-bond acceptors (Lipinski definition) is 0. The first-order valence-corrected chi connectivity index (χ1v) is 7.60. The fourth-order valence-corrected chi connectivity index (χ4v) is 3.75. The maximum atomic E-state index is 13.9. The van der Waals surface area contributed by atoms with Crippen LogP contribution in [-0.4, -0.2) is 0 Å². The Hall–Kier alpha value is -0.860. The Balaban J connectivity index is 1.83. The first-order chi connectivity index (χ1) is 9.15. The van der Waals surface area contributed by atoms with E-state index in [9.17, 15) is 4.39 Å². The highest BCUT2D eigenvalue weighted by molar-refractivity contribution is 9.09. The molecule has 3 heteroatoms. The molecule has 2 atom stereocenters. The molecule has 0 bridgehead atoms. The summed E-state index contributed by atoms with van der Waals surface area (Å²) in [7, 11) is 0. The second kappa shape index (κ2) is 5.26. The molecule has 0 saturated heterocycles. The van der Waals surface area contributed by atoms with Crippen LogP contribution < -0.4 is 0 Å². The monoisotopic (exact) mass is 338 g/mol. The zero-order valence-corrected chi connectivity index (χ0v) is 12.6. The lowest BCUT2D eigenvalue weighted by molar-refractivity contribution is 0.527. The Bertz CT molecular complexity index is 611. The van der Waals surface area contributed by atoms with Crippen LogP contribution in [0.2, 0.25) is 5.02 Å². The summed E-state index contributed by atoms with van der Waals surface area (Å²) in [6.07, 6.45) is 1.72. The smallest absolute Gasteiger partial charge is 0.127 e. The van der Waals surface area contributed by atoms with E-state index in [0.29, 0.717) is 15.8 Å². The first-order valence-electron chi connectivity index (χ1n) is 6.31. The van der Waals surface area contributed by atoms with Gasteiger partial charge in [-0.1, -0.05) is 57.9 Å². The van der Waals surface area contributed by atoms with E-state index >= 15 is 0 Å². The molecule has 0 N–H and O–H groups in total. The number of benzene rings is 2. The van der Waals surface area contributed by atoms with Crippen molar-refractivity contribution in [2.75, 3.05) is 0 Å². The average molecular weight is 340 g/mol. The minimum absolute atomic E-state index is 0.205. The molecule has 3 rings (SSSR count). The van der Waals surface area contributed by atoms with Gasteiger partial charge in [0.1, 0.15) is 5.82 Å². The van der Waals surface area contributed by atoms with Crippen molar-refractivity contribution in [1.29, 1.82) is 0 Å². The fourth-order valence-electron chi connectivity index (χ4n) is 2.77. The van der Waals surface area contributed by atoms with Crippen LogP contribution in [0.15, 0.2) is 42.5 Å². The minimum Gasteiger partial charge on any atom is -0.207 e. The van der Waals surface area contributed by atoms with E-state index in [-0.39, 0.29) is 5.82 Å². The van der Waals surface area contributed by atoms with E-state index in [1.54, 1.807) is 12.1 Å². The molecule has 98 valence electrons. The number of fused-ring (bicyclic) bond motifs is 1. The van der Waals surface area contributed by atoms with Gasteiger partial charge in [0.2, 0.25) is 0 Å². The second-order valence-electron chi connectivity index (χ2n) is 5.00. The lowest BCUT2D eigenvalue weighted by Crippen LogP contribution is -2.07. The molecular weight excluding hydrogens is 327 g/mol. The van der Waals surface area contributed by atoms with Crippen molar-refractivity contribution in [3.05, 3.63) is 70.0 Å². The van der Waals surface area contributed by atoms with Crippen LogP contribution in [-0.2, 0) is 12.8 Å². The highest BCUT2D eigenvalue weighted by atomic mass is 79.9. The fraction of sp³-hybridized carbons (Fsp3) is 0.250. The van der Waals surface area contributed by atoms with Gasteiger partial charge in [0.05, 0.1) is 0 Å². The van der Waals surface area contributed by atoms with Gasteiger partial charge in [-0.3, -0.25) is 0 Å². The summed E-state index contributed by atoms with van der Waals surface area (Å²) in [4.78, 5) is 0.304. The lowest BCUT2D eigenvalue weighted by atomic mass is 9.96. The number of hydrogen-bond donors (Lipinski definition) is 0. The highest BCUT2D eigenvalue weighted by Gasteiger charge is 2.30. The normalized spacial score (nSPS) is 21.4. The van der Waals surface area contributed by atoms with E-state index < -0.39 is 0 Å². The largest absolute Gasteiger partial charge is 0.207 e. The summed E-state index contributed by atoms with van der Waals surface area (Å²) in [5.74, 6) is 0.191. The molecule has 0 aliphatic heterocycles. The Kier molecular flexibility index (Phi) is 3.64. The number of halogens is 3. The second-order valence-corrected chi connectivity index (χ2v) is 6.43. The molecule has 2 aromatic carbocycles. The van der Waals surface area contributed by atoms with Crippen molar-refractivity contribution in [3.8, 4) is 0 Å². The van der Waals surface area contributed by atoms with E-state index in [1.165, 1.54) is 17.2 Å². The van der Waals surface area contributed by atoms with Crippen LogP contribution in [0.25, 0.3) is 0 Å². The summed E-state index contributed by atoms with van der Waals surface area (Å²) in [5, 5.41) is 0.450. The van der Waals surface area contributed by atoms with Gasteiger partial charge in [-0.2, -0.15) is 0 Å². The zero-order chi connectivity index (χ0) is 13.4. The molecule has 0 heterocycles. The molecule has 0 saturated carbocycles. The van der Waals surface area contributed by atoms with E-state index in [1.807, 2.05) is 0 Å². The standard InChI is InChI=1S/C16H13BrClF/c17-16-12(7-10-3-1-2-4-14(10)16)8-11-5-6-13(18)9-15(11)19/h1-6,9,12,16H,7-8H2. The topological polar surface area (TPSA) is 0 Å². The maximum Gasteiger partial charge on any atom is 0.127 e. The van der Waals surface area contributed by atoms with Gasteiger partial charge in [0.25, 0.3) is 0 Å². The van der Waals surface area contributed by atoms with Gasteiger partial charge < -0.3 is 0 Å². The summed E-state index contributed by atoms with van der Waals surface area (Å²) in [6.45, 7) is 0. The van der Waals surface area contributed by atoms with E-state index in [4.69, 9.17) is 11.6 Å². The molecule has 1 aliphatic rings. The predicted octanol–water partition coefficient (Wildman–Crippen LogP) is 5.33. The van der Waals surface area contributed by atoms with Gasteiger partial charge in [-0.15, -0.1) is 0 Å². The summed E-state index contributed by atoms with van der Waals surface area (Å²) < 4.78 is 13.9. The van der Waals surface area contributed by atoms with Crippen molar-refractivity contribution >= 4 is 27.5 Å². The Morgan fingerprint density at radius 2 is 2.00 bits per heavy atom.